The second-order valence-corrected chi connectivity index (χ2v) is 12.1. The van der Waals surface area contributed by atoms with Gasteiger partial charge >= 0.3 is 0 Å². The van der Waals surface area contributed by atoms with Gasteiger partial charge in [0.15, 0.2) is 5.78 Å². The van der Waals surface area contributed by atoms with Crippen LogP contribution in [0.25, 0.3) is 0 Å². The highest BCUT2D eigenvalue weighted by Gasteiger charge is 2.30. The third-order valence-corrected chi connectivity index (χ3v) is 7.32. The summed E-state index contributed by atoms with van der Waals surface area (Å²) in [5.41, 5.74) is 4.61. The van der Waals surface area contributed by atoms with E-state index < -0.39 is 22.0 Å². The molecule has 0 saturated heterocycles. The summed E-state index contributed by atoms with van der Waals surface area (Å²) in [4.78, 5) is 26.2. The summed E-state index contributed by atoms with van der Waals surface area (Å²) in [7, 11) is -3.75. The Morgan fingerprint density at radius 2 is 1.53 bits per heavy atom. The van der Waals surface area contributed by atoms with E-state index in [1.54, 1.807) is 44.2 Å². The van der Waals surface area contributed by atoms with E-state index >= 15 is 0 Å². The smallest absolute Gasteiger partial charge is 0.247 e. The van der Waals surface area contributed by atoms with E-state index in [0.29, 0.717) is 22.5 Å². The van der Waals surface area contributed by atoms with Crippen LogP contribution in [0.3, 0.4) is 0 Å². The van der Waals surface area contributed by atoms with Crippen LogP contribution >= 0.6 is 0 Å². The number of amides is 1. The van der Waals surface area contributed by atoms with Crippen molar-refractivity contribution in [1.29, 1.82) is 0 Å². The zero-order valence-corrected chi connectivity index (χ0v) is 22.7. The number of anilines is 2. The zero-order valence-electron chi connectivity index (χ0n) is 21.9. The molecule has 0 saturated carbocycles. The molecule has 3 aromatic carbocycles. The van der Waals surface area contributed by atoms with Gasteiger partial charge in [-0.15, -0.1) is 0 Å². The molecule has 1 unspecified atom stereocenters. The molecule has 0 bridgehead atoms. The van der Waals surface area contributed by atoms with E-state index in [0.717, 1.165) is 27.3 Å². The SMILES string of the molecule is Cc1ccc(C)c(N(C(C)C(=O)Nc2cccc(C(=O)c3ccc(C(C)(C)C)cc3)c2)S(C)(=O)=O)c1. The normalized spacial score (nSPS) is 12.6. The van der Waals surface area contributed by atoms with Gasteiger partial charge in [-0.05, 0) is 61.1 Å². The second-order valence-electron chi connectivity index (χ2n) is 10.3. The van der Waals surface area contributed by atoms with Gasteiger partial charge in [0, 0.05) is 16.8 Å². The summed E-state index contributed by atoms with van der Waals surface area (Å²) in [6.45, 7) is 11.6. The molecule has 0 spiro atoms. The maximum Gasteiger partial charge on any atom is 0.247 e. The Morgan fingerprint density at radius 1 is 0.889 bits per heavy atom. The fraction of sp³-hybridized carbons (Fsp3) is 0.310. The van der Waals surface area contributed by atoms with Gasteiger partial charge < -0.3 is 5.32 Å². The van der Waals surface area contributed by atoms with Gasteiger partial charge in [-0.2, -0.15) is 0 Å². The highest BCUT2D eigenvalue weighted by Crippen LogP contribution is 2.27. The van der Waals surface area contributed by atoms with Crippen molar-refractivity contribution < 1.29 is 18.0 Å². The minimum atomic E-state index is -3.75. The Morgan fingerprint density at radius 3 is 2.11 bits per heavy atom. The van der Waals surface area contributed by atoms with E-state index in [2.05, 4.69) is 26.1 Å². The predicted octanol–water partition coefficient (Wildman–Crippen LogP) is 5.63. The minimum Gasteiger partial charge on any atom is -0.324 e. The molecule has 1 N–H and O–H groups in total. The van der Waals surface area contributed by atoms with Crippen LogP contribution in [-0.4, -0.2) is 32.4 Å². The first kappa shape index (κ1) is 27.1. The molecule has 0 aliphatic heterocycles. The van der Waals surface area contributed by atoms with Crippen LogP contribution in [0.1, 0.15) is 60.3 Å². The van der Waals surface area contributed by atoms with Crippen LogP contribution in [0, 0.1) is 13.8 Å². The quantitative estimate of drug-likeness (QED) is 0.421. The van der Waals surface area contributed by atoms with Crippen LogP contribution in [0.2, 0.25) is 0 Å². The van der Waals surface area contributed by atoms with E-state index in [9.17, 15) is 18.0 Å². The van der Waals surface area contributed by atoms with Crippen molar-refractivity contribution in [2.45, 2.75) is 53.0 Å². The second kappa shape index (κ2) is 10.3. The van der Waals surface area contributed by atoms with E-state index in [1.807, 2.05) is 43.3 Å². The molecule has 1 atom stereocenters. The average molecular weight is 507 g/mol. The number of nitrogens with one attached hydrogen (secondary N) is 1. The number of benzene rings is 3. The maximum atomic E-state index is 13.2. The molecule has 190 valence electrons. The molecular weight excluding hydrogens is 472 g/mol. The van der Waals surface area contributed by atoms with Crippen molar-refractivity contribution in [3.05, 3.63) is 94.5 Å². The lowest BCUT2D eigenvalue weighted by molar-refractivity contribution is -0.116. The molecule has 0 heterocycles. The first-order valence-electron chi connectivity index (χ1n) is 11.8. The maximum absolute atomic E-state index is 13.2. The molecule has 7 heteroatoms. The van der Waals surface area contributed by atoms with Gasteiger partial charge in [0.25, 0.3) is 0 Å². The Hall–Kier alpha value is -3.45. The first-order valence-corrected chi connectivity index (χ1v) is 13.7. The predicted molar refractivity (Wildman–Crippen MR) is 146 cm³/mol. The largest absolute Gasteiger partial charge is 0.324 e. The summed E-state index contributed by atoms with van der Waals surface area (Å²) in [5, 5.41) is 2.78. The van der Waals surface area contributed by atoms with Crippen molar-refractivity contribution in [2.24, 2.45) is 0 Å². The lowest BCUT2D eigenvalue weighted by Crippen LogP contribution is -2.45. The number of nitrogens with zero attached hydrogens (tertiary/aromatic N) is 1. The number of aryl methyl sites for hydroxylation is 2. The molecule has 3 aromatic rings. The molecule has 0 fully saturated rings. The molecule has 0 aliphatic carbocycles. The monoisotopic (exact) mass is 506 g/mol. The topological polar surface area (TPSA) is 83.6 Å². The van der Waals surface area contributed by atoms with E-state index in [1.165, 1.54) is 0 Å². The van der Waals surface area contributed by atoms with Crippen LogP contribution in [0.15, 0.2) is 66.7 Å². The molecule has 1 amide bonds. The van der Waals surface area contributed by atoms with Crippen molar-refractivity contribution in [1.82, 2.24) is 0 Å². The number of rotatable bonds is 7. The Kier molecular flexibility index (Phi) is 7.74. The lowest BCUT2D eigenvalue weighted by atomic mass is 9.86. The number of carbonyl (C=O) groups excluding carboxylic acids is 2. The van der Waals surface area contributed by atoms with Crippen molar-refractivity contribution in [3.8, 4) is 0 Å². The Bertz CT molecular complexity index is 1390. The molecule has 3 rings (SSSR count). The molecule has 0 radical (unpaired) electrons. The number of carbonyl (C=O) groups is 2. The summed E-state index contributed by atoms with van der Waals surface area (Å²) >= 11 is 0. The van der Waals surface area contributed by atoms with Crippen LogP contribution in [-0.2, 0) is 20.2 Å². The standard InChI is InChI=1S/C29H34N2O4S/c1-19-11-12-20(2)26(17-19)31(36(7,34)35)21(3)28(33)30-25-10-8-9-23(18-25)27(32)22-13-15-24(16-14-22)29(4,5)6/h8-18,21H,1-7H3,(H,30,33). The van der Waals surface area contributed by atoms with Crippen LogP contribution in [0.5, 0.6) is 0 Å². The lowest BCUT2D eigenvalue weighted by Gasteiger charge is -2.29. The van der Waals surface area contributed by atoms with Gasteiger partial charge in [0.2, 0.25) is 15.9 Å². The molecule has 0 aromatic heterocycles. The number of hydrogen-bond donors (Lipinski definition) is 1. The van der Waals surface area contributed by atoms with E-state index in [4.69, 9.17) is 0 Å². The molecule has 36 heavy (non-hydrogen) atoms. The minimum absolute atomic E-state index is 0.0146. The number of hydrogen-bond acceptors (Lipinski definition) is 4. The fourth-order valence-corrected chi connectivity index (χ4v) is 5.24. The highest BCUT2D eigenvalue weighted by molar-refractivity contribution is 7.92. The van der Waals surface area contributed by atoms with Crippen LogP contribution < -0.4 is 9.62 Å². The number of ketones is 1. The Labute approximate surface area is 214 Å². The molecule has 0 aliphatic rings. The molecular formula is C29H34N2O4S. The van der Waals surface area contributed by atoms with Crippen LogP contribution in [0.4, 0.5) is 11.4 Å². The summed E-state index contributed by atoms with van der Waals surface area (Å²) < 4.78 is 26.5. The van der Waals surface area contributed by atoms with Crippen molar-refractivity contribution in [3.63, 3.8) is 0 Å². The van der Waals surface area contributed by atoms with Gasteiger partial charge in [-0.25, -0.2) is 8.42 Å². The zero-order chi connectivity index (χ0) is 26.8. The van der Waals surface area contributed by atoms with Gasteiger partial charge in [-0.1, -0.05) is 69.3 Å². The van der Waals surface area contributed by atoms with Crippen molar-refractivity contribution >= 4 is 33.1 Å². The fourth-order valence-electron chi connectivity index (χ4n) is 4.01. The number of sulfonamides is 1. The van der Waals surface area contributed by atoms with Gasteiger partial charge in [0.05, 0.1) is 11.9 Å². The first-order chi connectivity index (χ1) is 16.7. The summed E-state index contributed by atoms with van der Waals surface area (Å²) in [6.07, 6.45) is 1.09. The van der Waals surface area contributed by atoms with E-state index in [-0.39, 0.29) is 11.2 Å². The molecule has 6 nitrogen and oxygen atoms in total. The summed E-state index contributed by atoms with van der Waals surface area (Å²) in [5.74, 6) is -0.659. The van der Waals surface area contributed by atoms with Gasteiger partial charge in [0.1, 0.15) is 6.04 Å². The third-order valence-electron chi connectivity index (χ3n) is 6.10. The highest BCUT2D eigenvalue weighted by atomic mass is 32.2. The third kappa shape index (κ3) is 6.21. The Balaban J connectivity index is 1.84. The summed E-state index contributed by atoms with van der Waals surface area (Å²) in [6, 6.07) is 18.7. The van der Waals surface area contributed by atoms with Crippen molar-refractivity contribution in [2.75, 3.05) is 15.9 Å². The average Bonchev–Trinajstić information content (AvgIpc) is 2.79. The van der Waals surface area contributed by atoms with Gasteiger partial charge in [-0.3, -0.25) is 13.9 Å².